The summed E-state index contributed by atoms with van der Waals surface area (Å²) >= 11 is 0. The zero-order valence-corrected chi connectivity index (χ0v) is 9.08. The number of hydrogen-bond donors (Lipinski definition) is 3. The molecule has 86 valence electrons. The Labute approximate surface area is 89.8 Å². The standard InChI is InChI=1S/C10H19N3O2/c1-7(5-9(14)13-10(11)15)8-3-2-4-12-6-8/h7-8,12H,2-6H2,1H3,(H3,11,13,14,15). The SMILES string of the molecule is CC(CC(=O)NC(N)=O)C1CCCNC1. The number of amides is 3. The maximum Gasteiger partial charge on any atom is 0.318 e. The van der Waals surface area contributed by atoms with Crippen molar-refractivity contribution in [1.82, 2.24) is 10.6 Å². The summed E-state index contributed by atoms with van der Waals surface area (Å²) in [5, 5.41) is 5.40. The summed E-state index contributed by atoms with van der Waals surface area (Å²) in [6.45, 7) is 4.07. The van der Waals surface area contributed by atoms with E-state index in [9.17, 15) is 9.59 Å². The quantitative estimate of drug-likeness (QED) is 0.626. The van der Waals surface area contributed by atoms with Crippen molar-refractivity contribution in [3.8, 4) is 0 Å². The van der Waals surface area contributed by atoms with Gasteiger partial charge in [0.25, 0.3) is 0 Å². The van der Waals surface area contributed by atoms with Gasteiger partial charge in [-0.05, 0) is 37.8 Å². The van der Waals surface area contributed by atoms with Gasteiger partial charge in [0.05, 0.1) is 0 Å². The maximum absolute atomic E-state index is 11.3. The molecule has 0 aromatic carbocycles. The molecule has 4 N–H and O–H groups in total. The van der Waals surface area contributed by atoms with Crippen LogP contribution in [0.1, 0.15) is 26.2 Å². The highest BCUT2D eigenvalue weighted by Gasteiger charge is 2.22. The molecule has 1 rings (SSSR count). The smallest absolute Gasteiger partial charge is 0.318 e. The van der Waals surface area contributed by atoms with Gasteiger partial charge in [-0.2, -0.15) is 0 Å². The van der Waals surface area contributed by atoms with Crippen molar-refractivity contribution in [2.75, 3.05) is 13.1 Å². The van der Waals surface area contributed by atoms with Crippen molar-refractivity contribution in [3.05, 3.63) is 0 Å². The molecule has 0 aliphatic carbocycles. The minimum absolute atomic E-state index is 0.277. The predicted molar refractivity (Wildman–Crippen MR) is 57.1 cm³/mol. The number of carbonyl (C=O) groups is 2. The van der Waals surface area contributed by atoms with E-state index in [4.69, 9.17) is 5.73 Å². The lowest BCUT2D eigenvalue weighted by Crippen LogP contribution is -2.38. The van der Waals surface area contributed by atoms with Crippen LogP contribution >= 0.6 is 0 Å². The Balaban J connectivity index is 2.30. The largest absolute Gasteiger partial charge is 0.351 e. The summed E-state index contributed by atoms with van der Waals surface area (Å²) in [7, 11) is 0. The van der Waals surface area contributed by atoms with Crippen molar-refractivity contribution >= 4 is 11.9 Å². The minimum atomic E-state index is -0.769. The van der Waals surface area contributed by atoms with E-state index in [0.29, 0.717) is 12.3 Å². The maximum atomic E-state index is 11.3. The molecule has 0 saturated carbocycles. The van der Waals surface area contributed by atoms with Gasteiger partial charge in [-0.3, -0.25) is 10.1 Å². The molecule has 0 spiro atoms. The predicted octanol–water partition coefficient (Wildman–Crippen LogP) is 0.207. The molecule has 0 aromatic rings. The molecule has 1 saturated heterocycles. The highest BCUT2D eigenvalue weighted by Crippen LogP contribution is 2.22. The second-order valence-corrected chi connectivity index (χ2v) is 4.20. The summed E-state index contributed by atoms with van der Waals surface area (Å²) in [6.07, 6.45) is 2.68. The Morgan fingerprint density at radius 2 is 2.33 bits per heavy atom. The third-order valence-corrected chi connectivity index (χ3v) is 2.91. The molecule has 2 atom stereocenters. The molecular formula is C10H19N3O2. The van der Waals surface area contributed by atoms with Crippen LogP contribution in [0.4, 0.5) is 4.79 Å². The lowest BCUT2D eigenvalue weighted by atomic mass is 9.85. The molecule has 5 nitrogen and oxygen atoms in total. The summed E-state index contributed by atoms with van der Waals surface area (Å²) < 4.78 is 0. The number of carbonyl (C=O) groups excluding carboxylic acids is 2. The molecule has 0 radical (unpaired) electrons. The summed E-state index contributed by atoms with van der Waals surface area (Å²) in [6, 6.07) is -0.769. The number of primary amides is 1. The van der Waals surface area contributed by atoms with Gasteiger partial charge in [0.1, 0.15) is 0 Å². The average Bonchev–Trinajstić information content (AvgIpc) is 2.17. The first-order valence-electron chi connectivity index (χ1n) is 5.39. The Bertz CT molecular complexity index is 237. The fourth-order valence-electron chi connectivity index (χ4n) is 2.01. The Morgan fingerprint density at radius 1 is 1.60 bits per heavy atom. The summed E-state index contributed by atoms with van der Waals surface area (Å²) in [5.41, 5.74) is 4.86. The molecule has 5 heteroatoms. The Hall–Kier alpha value is -1.10. The molecule has 0 bridgehead atoms. The number of piperidine rings is 1. The second-order valence-electron chi connectivity index (χ2n) is 4.20. The molecule has 2 unspecified atom stereocenters. The van der Waals surface area contributed by atoms with Crippen LogP contribution in [0.15, 0.2) is 0 Å². The van der Waals surface area contributed by atoms with Gasteiger partial charge >= 0.3 is 6.03 Å². The fraction of sp³-hybridized carbons (Fsp3) is 0.800. The monoisotopic (exact) mass is 213 g/mol. The van der Waals surface area contributed by atoms with Crippen molar-refractivity contribution in [1.29, 1.82) is 0 Å². The minimum Gasteiger partial charge on any atom is -0.351 e. The summed E-state index contributed by atoms with van der Waals surface area (Å²) in [4.78, 5) is 21.7. The lowest BCUT2D eigenvalue weighted by Gasteiger charge is -2.27. The number of nitrogens with two attached hydrogens (primary N) is 1. The van der Waals surface area contributed by atoms with E-state index in [1.807, 2.05) is 6.92 Å². The number of hydrogen-bond acceptors (Lipinski definition) is 3. The molecule has 15 heavy (non-hydrogen) atoms. The molecule has 1 aliphatic heterocycles. The van der Waals surface area contributed by atoms with E-state index in [1.54, 1.807) is 0 Å². The normalized spacial score (nSPS) is 23.1. The van der Waals surface area contributed by atoms with Gasteiger partial charge in [-0.15, -0.1) is 0 Å². The lowest BCUT2D eigenvalue weighted by molar-refractivity contribution is -0.121. The average molecular weight is 213 g/mol. The van der Waals surface area contributed by atoms with Crippen molar-refractivity contribution < 1.29 is 9.59 Å². The van der Waals surface area contributed by atoms with Crippen LogP contribution in [-0.2, 0) is 4.79 Å². The van der Waals surface area contributed by atoms with Gasteiger partial charge in [0.2, 0.25) is 5.91 Å². The van der Waals surface area contributed by atoms with E-state index in [2.05, 4.69) is 10.6 Å². The summed E-state index contributed by atoms with van der Waals surface area (Å²) in [5.74, 6) is 0.537. The Morgan fingerprint density at radius 3 is 2.87 bits per heavy atom. The van der Waals surface area contributed by atoms with Gasteiger partial charge < -0.3 is 11.1 Å². The van der Waals surface area contributed by atoms with Crippen molar-refractivity contribution in [2.24, 2.45) is 17.6 Å². The van der Waals surface area contributed by atoms with E-state index < -0.39 is 6.03 Å². The van der Waals surface area contributed by atoms with E-state index >= 15 is 0 Å². The van der Waals surface area contributed by atoms with Crippen LogP contribution in [0.2, 0.25) is 0 Å². The fourth-order valence-corrected chi connectivity index (χ4v) is 2.01. The Kier molecular flexibility index (Phi) is 4.55. The molecule has 1 heterocycles. The number of urea groups is 1. The first-order chi connectivity index (χ1) is 7.09. The van der Waals surface area contributed by atoms with E-state index in [0.717, 1.165) is 25.9 Å². The molecule has 3 amide bonds. The van der Waals surface area contributed by atoms with E-state index in [-0.39, 0.29) is 11.8 Å². The van der Waals surface area contributed by atoms with Crippen molar-refractivity contribution in [2.45, 2.75) is 26.2 Å². The number of nitrogens with one attached hydrogen (secondary N) is 2. The van der Waals surface area contributed by atoms with Gasteiger partial charge in [-0.1, -0.05) is 6.92 Å². The molecule has 1 aliphatic rings. The van der Waals surface area contributed by atoms with Crippen LogP contribution < -0.4 is 16.4 Å². The first-order valence-corrected chi connectivity index (χ1v) is 5.39. The molecule has 0 aromatic heterocycles. The highest BCUT2D eigenvalue weighted by molar-refractivity contribution is 5.93. The zero-order valence-electron chi connectivity index (χ0n) is 9.08. The van der Waals surface area contributed by atoms with Gasteiger partial charge in [-0.25, -0.2) is 4.79 Å². The van der Waals surface area contributed by atoms with Crippen LogP contribution in [-0.4, -0.2) is 25.0 Å². The van der Waals surface area contributed by atoms with E-state index in [1.165, 1.54) is 0 Å². The van der Waals surface area contributed by atoms with Crippen molar-refractivity contribution in [3.63, 3.8) is 0 Å². The topological polar surface area (TPSA) is 84.2 Å². The third kappa shape index (κ3) is 4.29. The van der Waals surface area contributed by atoms with Gasteiger partial charge in [0, 0.05) is 6.42 Å². The zero-order chi connectivity index (χ0) is 11.3. The van der Waals surface area contributed by atoms with Crippen LogP contribution in [0, 0.1) is 11.8 Å². The van der Waals surface area contributed by atoms with Crippen LogP contribution in [0.25, 0.3) is 0 Å². The first kappa shape index (κ1) is 12.0. The number of rotatable bonds is 3. The third-order valence-electron chi connectivity index (χ3n) is 2.91. The molecular weight excluding hydrogens is 194 g/mol. The van der Waals surface area contributed by atoms with Crippen LogP contribution in [0.5, 0.6) is 0 Å². The second kappa shape index (κ2) is 5.70. The number of imide groups is 1. The highest BCUT2D eigenvalue weighted by atomic mass is 16.2. The molecule has 1 fully saturated rings. The van der Waals surface area contributed by atoms with Gasteiger partial charge in [0.15, 0.2) is 0 Å². The van der Waals surface area contributed by atoms with Crippen LogP contribution in [0.3, 0.4) is 0 Å².